The van der Waals surface area contributed by atoms with Gasteiger partial charge in [-0.3, -0.25) is 23.9 Å². The van der Waals surface area contributed by atoms with E-state index in [2.05, 4.69) is 4.98 Å². The Labute approximate surface area is 143 Å². The molecule has 1 aromatic rings. The molecule has 25 heavy (non-hydrogen) atoms. The van der Waals surface area contributed by atoms with Gasteiger partial charge in [0.1, 0.15) is 5.60 Å². The van der Waals surface area contributed by atoms with Crippen LogP contribution in [0.25, 0.3) is 0 Å². The first-order valence-corrected chi connectivity index (χ1v) is 7.98. The van der Waals surface area contributed by atoms with E-state index in [-0.39, 0.29) is 25.3 Å². The molecular weight excluding hydrogens is 330 g/mol. The lowest BCUT2D eigenvalue weighted by Gasteiger charge is -2.43. The lowest BCUT2D eigenvalue weighted by atomic mass is 9.88. The molecule has 0 spiro atoms. The molecule has 0 aromatic carbocycles. The number of β-amino-alcohol motifs (C(OH)–C–C–N with tert-alkyl or cyclic N) is 1. The molecule has 1 aromatic heterocycles. The van der Waals surface area contributed by atoms with Crippen LogP contribution >= 0.6 is 0 Å². The van der Waals surface area contributed by atoms with Crippen LogP contribution in [0.2, 0.25) is 0 Å². The van der Waals surface area contributed by atoms with Crippen molar-refractivity contribution < 1.29 is 14.7 Å². The van der Waals surface area contributed by atoms with Crippen molar-refractivity contribution in [1.82, 2.24) is 14.5 Å². The van der Waals surface area contributed by atoms with Gasteiger partial charge >= 0.3 is 5.69 Å². The van der Waals surface area contributed by atoms with Gasteiger partial charge in [0.05, 0.1) is 18.6 Å². The summed E-state index contributed by atoms with van der Waals surface area (Å²) in [5, 5.41) is 10.7. The highest BCUT2D eigenvalue weighted by molar-refractivity contribution is 5.81. The van der Waals surface area contributed by atoms with E-state index in [4.69, 9.17) is 11.5 Å². The summed E-state index contributed by atoms with van der Waals surface area (Å²) in [6, 6.07) is -0.254. The van der Waals surface area contributed by atoms with E-state index in [0.29, 0.717) is 13.0 Å². The van der Waals surface area contributed by atoms with Crippen molar-refractivity contribution in [2.75, 3.05) is 13.1 Å². The molecule has 1 saturated heterocycles. The number of nitrogens with two attached hydrogens (primary N) is 2. The second-order valence-electron chi connectivity index (χ2n) is 6.54. The zero-order valence-electron chi connectivity index (χ0n) is 14.0. The maximum atomic E-state index is 12.3. The van der Waals surface area contributed by atoms with Gasteiger partial charge in [-0.15, -0.1) is 0 Å². The Morgan fingerprint density at radius 3 is 2.72 bits per heavy atom. The van der Waals surface area contributed by atoms with E-state index in [1.807, 2.05) is 0 Å². The van der Waals surface area contributed by atoms with Crippen LogP contribution < -0.4 is 22.7 Å². The molecule has 10 heteroatoms. The Morgan fingerprint density at radius 1 is 1.48 bits per heavy atom. The molecule has 138 valence electrons. The summed E-state index contributed by atoms with van der Waals surface area (Å²) in [7, 11) is 0. The number of hydrogen-bond acceptors (Lipinski definition) is 6. The Morgan fingerprint density at radius 2 is 2.16 bits per heavy atom. The van der Waals surface area contributed by atoms with Crippen LogP contribution in [0.1, 0.15) is 32.2 Å². The topological polar surface area (TPSA) is 165 Å². The molecule has 2 amide bonds. The Kier molecular flexibility index (Phi) is 5.43. The van der Waals surface area contributed by atoms with E-state index in [1.54, 1.807) is 0 Å². The van der Waals surface area contributed by atoms with Crippen LogP contribution in [0.3, 0.4) is 0 Å². The summed E-state index contributed by atoms with van der Waals surface area (Å²) in [5.74, 6) is -0.916. The molecule has 1 fully saturated rings. The second-order valence-corrected chi connectivity index (χ2v) is 6.54. The number of carbonyl (C=O) groups excluding carboxylic acids is 2. The zero-order chi connectivity index (χ0) is 18.8. The highest BCUT2D eigenvalue weighted by Gasteiger charge is 2.41. The van der Waals surface area contributed by atoms with Gasteiger partial charge in [-0.05, 0) is 19.8 Å². The zero-order valence-corrected chi connectivity index (χ0v) is 14.0. The van der Waals surface area contributed by atoms with E-state index < -0.39 is 34.8 Å². The fraction of sp³-hybridized carbons (Fsp3) is 0.600. The van der Waals surface area contributed by atoms with Crippen LogP contribution in [0.4, 0.5) is 0 Å². The standard InChI is InChI=1S/C15H23N5O5/c1-15(25)8-19(12(22)3-2-9(16)13(17)23)6-4-10(15)20-7-5-11(21)18-14(20)24/h5,7,9-10,25H,2-4,6,8,16H2,1H3,(H2,17,23)(H,18,21,24)/t9-,10+,15+/m0/s1. The van der Waals surface area contributed by atoms with Crippen molar-refractivity contribution in [3.05, 3.63) is 33.1 Å². The number of amides is 2. The number of aromatic amines is 1. The summed E-state index contributed by atoms with van der Waals surface area (Å²) in [6.45, 7) is 1.88. The Bertz CT molecular complexity index is 768. The Hall–Kier alpha value is -2.46. The third-order valence-electron chi connectivity index (χ3n) is 4.48. The molecule has 0 bridgehead atoms. The number of H-pyrrole nitrogens is 1. The van der Waals surface area contributed by atoms with E-state index in [1.165, 1.54) is 28.7 Å². The molecule has 10 nitrogen and oxygen atoms in total. The normalized spacial score (nSPS) is 24.8. The fourth-order valence-electron chi connectivity index (χ4n) is 3.06. The molecule has 0 saturated carbocycles. The monoisotopic (exact) mass is 353 g/mol. The van der Waals surface area contributed by atoms with Gasteiger partial charge in [-0.1, -0.05) is 0 Å². The lowest BCUT2D eigenvalue weighted by molar-refractivity contribution is -0.141. The molecule has 1 aliphatic heterocycles. The van der Waals surface area contributed by atoms with Crippen molar-refractivity contribution >= 4 is 11.8 Å². The van der Waals surface area contributed by atoms with Crippen LogP contribution in [-0.4, -0.2) is 56.1 Å². The van der Waals surface area contributed by atoms with Crippen molar-refractivity contribution in [2.45, 2.75) is 43.9 Å². The molecule has 2 rings (SSSR count). The SMILES string of the molecule is C[C@@]1(O)CN(C(=O)CC[C@H](N)C(N)=O)CC[C@H]1n1ccc(=O)[nH]c1=O. The summed E-state index contributed by atoms with van der Waals surface area (Å²) >= 11 is 0. The van der Waals surface area contributed by atoms with E-state index in [0.717, 1.165) is 0 Å². The third kappa shape index (κ3) is 4.34. The molecule has 0 radical (unpaired) electrons. The second kappa shape index (κ2) is 7.19. The van der Waals surface area contributed by atoms with Crippen molar-refractivity contribution in [1.29, 1.82) is 0 Å². The number of aliphatic hydroxyl groups is 1. The molecule has 1 aliphatic rings. The molecule has 3 atom stereocenters. The minimum absolute atomic E-state index is 0.0217. The van der Waals surface area contributed by atoms with Gasteiger partial charge in [-0.2, -0.15) is 0 Å². The molecule has 6 N–H and O–H groups in total. The summed E-state index contributed by atoms with van der Waals surface area (Å²) in [6.07, 6.45) is 1.86. The minimum atomic E-state index is -1.36. The highest BCUT2D eigenvalue weighted by atomic mass is 16.3. The Balaban J connectivity index is 2.07. The number of rotatable bonds is 5. The average Bonchev–Trinajstić information content (AvgIpc) is 2.52. The van der Waals surface area contributed by atoms with Crippen molar-refractivity contribution in [3.63, 3.8) is 0 Å². The van der Waals surface area contributed by atoms with Crippen LogP contribution in [0, 0.1) is 0 Å². The first kappa shape index (κ1) is 18.9. The first-order valence-electron chi connectivity index (χ1n) is 7.98. The van der Waals surface area contributed by atoms with E-state index in [9.17, 15) is 24.3 Å². The van der Waals surface area contributed by atoms with Crippen molar-refractivity contribution in [2.24, 2.45) is 11.5 Å². The minimum Gasteiger partial charge on any atom is -0.386 e. The smallest absolute Gasteiger partial charge is 0.328 e. The van der Waals surface area contributed by atoms with Crippen LogP contribution in [0.5, 0.6) is 0 Å². The molecule has 2 heterocycles. The summed E-state index contributed by atoms with van der Waals surface area (Å²) < 4.78 is 1.27. The van der Waals surface area contributed by atoms with Gasteiger partial charge in [-0.25, -0.2) is 4.79 Å². The number of nitrogens with one attached hydrogen (secondary N) is 1. The van der Waals surface area contributed by atoms with Crippen molar-refractivity contribution in [3.8, 4) is 0 Å². The molecule has 0 aliphatic carbocycles. The summed E-state index contributed by atoms with van der Waals surface area (Å²) in [4.78, 5) is 49.9. The number of nitrogens with zero attached hydrogens (tertiary/aromatic N) is 2. The summed E-state index contributed by atoms with van der Waals surface area (Å²) in [5.41, 5.74) is 8.10. The molecule has 0 unspecified atom stereocenters. The van der Waals surface area contributed by atoms with Gasteiger partial charge in [0.25, 0.3) is 5.56 Å². The number of hydrogen-bond donors (Lipinski definition) is 4. The van der Waals surface area contributed by atoms with E-state index >= 15 is 0 Å². The van der Waals surface area contributed by atoms with Gasteiger partial charge in [0.2, 0.25) is 11.8 Å². The fourth-order valence-corrected chi connectivity index (χ4v) is 3.06. The maximum Gasteiger partial charge on any atom is 0.328 e. The average molecular weight is 353 g/mol. The number of primary amides is 1. The quantitative estimate of drug-likeness (QED) is 0.463. The molecular formula is C15H23N5O5. The largest absolute Gasteiger partial charge is 0.386 e. The predicted molar refractivity (Wildman–Crippen MR) is 88.6 cm³/mol. The third-order valence-corrected chi connectivity index (χ3v) is 4.48. The van der Waals surface area contributed by atoms with Gasteiger partial charge in [0.15, 0.2) is 0 Å². The highest BCUT2D eigenvalue weighted by Crippen LogP contribution is 2.30. The van der Waals surface area contributed by atoms with Crippen LogP contribution in [0.15, 0.2) is 21.9 Å². The number of piperidine rings is 1. The number of aromatic nitrogens is 2. The van der Waals surface area contributed by atoms with Gasteiger partial charge < -0.3 is 21.5 Å². The van der Waals surface area contributed by atoms with Crippen LogP contribution in [-0.2, 0) is 9.59 Å². The van der Waals surface area contributed by atoms with Gasteiger partial charge in [0, 0.05) is 25.2 Å². The number of likely N-dealkylation sites (tertiary alicyclic amines) is 1. The predicted octanol–water partition coefficient (Wildman–Crippen LogP) is -2.35. The maximum absolute atomic E-state index is 12.3. The number of carbonyl (C=O) groups is 2. The first-order chi connectivity index (χ1) is 11.6. The lowest BCUT2D eigenvalue weighted by Crippen LogP contribution is -2.56.